The van der Waals surface area contributed by atoms with Crippen molar-refractivity contribution in [3.63, 3.8) is 0 Å². The monoisotopic (exact) mass is 478 g/mol. The molecule has 0 aliphatic carbocycles. The van der Waals surface area contributed by atoms with Crippen LogP contribution in [-0.4, -0.2) is 51.0 Å². The fourth-order valence-corrected chi connectivity index (χ4v) is 2.78. The summed E-state index contributed by atoms with van der Waals surface area (Å²) in [7, 11) is 0. The molecule has 2 heterocycles. The molecule has 0 spiro atoms. The molecule has 0 atom stereocenters. The fourth-order valence-electron chi connectivity index (χ4n) is 2.78. The van der Waals surface area contributed by atoms with Crippen LogP contribution in [0.4, 0.5) is 11.6 Å². The van der Waals surface area contributed by atoms with E-state index in [0.29, 0.717) is 30.8 Å². The third-order valence-corrected chi connectivity index (χ3v) is 4.36. The van der Waals surface area contributed by atoms with Crippen LogP contribution in [0.2, 0.25) is 0 Å². The quantitative estimate of drug-likeness (QED) is 0.199. The third kappa shape index (κ3) is 8.41. The van der Waals surface area contributed by atoms with Gasteiger partial charge in [-0.1, -0.05) is 5.92 Å². The summed E-state index contributed by atoms with van der Waals surface area (Å²) in [5.74, 6) is 1.94. The van der Waals surface area contributed by atoms with E-state index in [1.807, 2.05) is 0 Å². The van der Waals surface area contributed by atoms with Crippen LogP contribution in [-0.2, 0) is 20.9 Å². The van der Waals surface area contributed by atoms with Crippen LogP contribution in [0.5, 0.6) is 0 Å². The lowest BCUT2D eigenvalue weighted by atomic mass is 10.2. The molecule has 0 bridgehead atoms. The number of hydrogen-bond donors (Lipinski definition) is 5. The Balaban J connectivity index is 0.00000137. The first-order chi connectivity index (χ1) is 16.9. The fraction of sp³-hybridized carbons (Fsp3) is 0.227. The first kappa shape index (κ1) is 26.2. The van der Waals surface area contributed by atoms with Crippen molar-refractivity contribution in [3.8, 4) is 12.3 Å². The molecule has 13 heteroatoms. The highest BCUT2D eigenvalue weighted by Crippen LogP contribution is 2.11. The predicted octanol–water partition coefficient (Wildman–Crippen LogP) is -0.417. The number of anilines is 2. The van der Waals surface area contributed by atoms with E-state index in [1.54, 1.807) is 24.3 Å². The van der Waals surface area contributed by atoms with E-state index in [2.05, 4.69) is 41.8 Å². The van der Waals surface area contributed by atoms with Crippen molar-refractivity contribution in [1.29, 1.82) is 0 Å². The van der Waals surface area contributed by atoms with Gasteiger partial charge in [-0.15, -0.1) is 6.42 Å². The van der Waals surface area contributed by atoms with E-state index in [4.69, 9.17) is 21.7 Å². The zero-order valence-corrected chi connectivity index (χ0v) is 18.5. The van der Waals surface area contributed by atoms with Gasteiger partial charge in [-0.05, 0) is 30.7 Å². The Hall–Kier alpha value is -5.08. The number of amides is 2. The maximum absolute atomic E-state index is 12.2. The molecular weight excluding hydrogens is 456 g/mol. The van der Waals surface area contributed by atoms with Gasteiger partial charge in [-0.25, -0.2) is 9.97 Å². The molecule has 2 aromatic heterocycles. The third-order valence-electron chi connectivity index (χ3n) is 4.36. The number of hydrogen-bond acceptors (Lipinski definition) is 10. The molecule has 0 radical (unpaired) electrons. The van der Waals surface area contributed by atoms with Gasteiger partial charge in [0.25, 0.3) is 11.5 Å². The number of aromatic amines is 1. The summed E-state index contributed by atoms with van der Waals surface area (Å²) in [6, 6.07) is 6.87. The first-order valence-electron chi connectivity index (χ1n) is 10.2. The van der Waals surface area contributed by atoms with Crippen LogP contribution in [0, 0.1) is 12.3 Å². The smallest absolute Gasteiger partial charge is 0.373 e. The predicted molar refractivity (Wildman–Crippen MR) is 125 cm³/mol. The molecule has 13 nitrogen and oxygen atoms in total. The maximum atomic E-state index is 12.2. The van der Waals surface area contributed by atoms with Gasteiger partial charge in [0, 0.05) is 24.2 Å². The van der Waals surface area contributed by atoms with Crippen LogP contribution in [0.3, 0.4) is 0 Å². The van der Waals surface area contributed by atoms with Crippen LogP contribution in [0.1, 0.15) is 28.9 Å². The van der Waals surface area contributed by atoms with Gasteiger partial charge in [0.1, 0.15) is 0 Å². The van der Waals surface area contributed by atoms with Crippen molar-refractivity contribution < 1.29 is 19.2 Å². The minimum absolute atomic E-state index is 0.0163. The maximum Gasteiger partial charge on any atom is 0.373 e. The number of H-pyrrole nitrogens is 1. The van der Waals surface area contributed by atoms with Crippen molar-refractivity contribution in [2.24, 2.45) is 0 Å². The molecule has 0 aliphatic rings. The SMILES string of the molecule is C#CCNC(=O)CCCNC(=O)c1ccc(NCc2cnc3nc(N)[nH]c(=O)c3n2)cc1.O=C=O. The Morgan fingerprint density at radius 1 is 1.11 bits per heavy atom. The van der Waals surface area contributed by atoms with E-state index < -0.39 is 5.56 Å². The molecule has 6 N–H and O–H groups in total. The van der Waals surface area contributed by atoms with Crippen LogP contribution in [0.25, 0.3) is 11.2 Å². The molecule has 0 saturated heterocycles. The molecule has 35 heavy (non-hydrogen) atoms. The molecule has 1 aromatic carbocycles. The standard InChI is InChI=1S/C21H22N8O3.CO2/c1-2-9-23-16(30)4-3-10-24-19(31)13-5-7-14(8-6-13)25-11-15-12-26-18-17(27-15)20(32)29-21(22)28-18;2-1-3/h1,5-8,12,25H,3-4,9-11H2,(H,23,30)(H,24,31)(H3,22,26,28,29,32);. The van der Waals surface area contributed by atoms with Gasteiger partial charge in [-0.3, -0.25) is 19.4 Å². The molecule has 0 aliphatic heterocycles. The second-order valence-corrected chi connectivity index (χ2v) is 6.84. The zero-order valence-electron chi connectivity index (χ0n) is 18.5. The van der Waals surface area contributed by atoms with Crippen molar-refractivity contribution in [1.82, 2.24) is 30.6 Å². The number of carbonyl (C=O) groups is 2. The number of aromatic nitrogens is 4. The molecule has 0 unspecified atom stereocenters. The minimum Gasteiger partial charge on any atom is -0.379 e. The lowest BCUT2D eigenvalue weighted by Crippen LogP contribution is -2.27. The molecule has 0 saturated carbocycles. The molecule has 180 valence electrons. The number of benzene rings is 1. The van der Waals surface area contributed by atoms with E-state index in [0.717, 1.165) is 5.69 Å². The van der Waals surface area contributed by atoms with Crippen molar-refractivity contribution in [2.75, 3.05) is 24.1 Å². The summed E-state index contributed by atoms with van der Waals surface area (Å²) in [4.78, 5) is 66.5. The molecular formula is C22H22N8O5. The van der Waals surface area contributed by atoms with E-state index in [-0.39, 0.29) is 48.0 Å². The second kappa shape index (κ2) is 13.5. The van der Waals surface area contributed by atoms with Gasteiger partial charge in [0.05, 0.1) is 25.0 Å². The van der Waals surface area contributed by atoms with E-state index in [1.165, 1.54) is 6.20 Å². The van der Waals surface area contributed by atoms with Crippen molar-refractivity contribution in [3.05, 3.63) is 52.1 Å². The Morgan fingerprint density at radius 3 is 2.51 bits per heavy atom. The van der Waals surface area contributed by atoms with Gasteiger partial charge >= 0.3 is 6.15 Å². The van der Waals surface area contributed by atoms with E-state index >= 15 is 0 Å². The Morgan fingerprint density at radius 2 is 1.83 bits per heavy atom. The number of nitrogen functional groups attached to an aromatic ring is 1. The van der Waals surface area contributed by atoms with Crippen molar-refractivity contribution >= 4 is 40.8 Å². The van der Waals surface area contributed by atoms with Gasteiger partial charge in [-0.2, -0.15) is 14.6 Å². The summed E-state index contributed by atoms with van der Waals surface area (Å²) in [6.07, 6.45) is 7.64. The molecule has 3 aromatic rings. The molecule has 2 amide bonds. The normalized spacial score (nSPS) is 9.69. The second-order valence-electron chi connectivity index (χ2n) is 6.84. The number of fused-ring (bicyclic) bond motifs is 1. The molecule has 3 rings (SSSR count). The average Bonchev–Trinajstić information content (AvgIpc) is 2.85. The van der Waals surface area contributed by atoms with Crippen LogP contribution < -0.4 is 27.2 Å². The highest BCUT2D eigenvalue weighted by atomic mass is 16.2. The Kier molecular flexibility index (Phi) is 10.1. The number of nitrogens with one attached hydrogen (secondary N) is 4. The summed E-state index contributed by atoms with van der Waals surface area (Å²) in [5.41, 5.74) is 7.13. The zero-order chi connectivity index (χ0) is 25.6. The van der Waals surface area contributed by atoms with E-state index in [9.17, 15) is 14.4 Å². The summed E-state index contributed by atoms with van der Waals surface area (Å²) >= 11 is 0. The first-order valence-corrected chi connectivity index (χ1v) is 10.2. The highest BCUT2D eigenvalue weighted by molar-refractivity contribution is 5.94. The van der Waals surface area contributed by atoms with Gasteiger partial charge in [0.2, 0.25) is 11.9 Å². The molecule has 0 fully saturated rings. The van der Waals surface area contributed by atoms with Crippen molar-refractivity contribution in [2.45, 2.75) is 19.4 Å². The largest absolute Gasteiger partial charge is 0.379 e. The highest BCUT2D eigenvalue weighted by Gasteiger charge is 2.08. The number of nitrogens with zero attached hydrogens (tertiary/aromatic N) is 3. The number of terminal acetylenes is 1. The summed E-state index contributed by atoms with van der Waals surface area (Å²) in [6.45, 7) is 0.895. The Labute approximate surface area is 199 Å². The van der Waals surface area contributed by atoms with Crippen LogP contribution in [0.15, 0.2) is 35.3 Å². The summed E-state index contributed by atoms with van der Waals surface area (Å²) in [5, 5.41) is 8.49. The lowest BCUT2D eigenvalue weighted by molar-refractivity contribution is -0.191. The van der Waals surface area contributed by atoms with Crippen LogP contribution >= 0.6 is 0 Å². The number of nitrogens with two attached hydrogens (primary N) is 1. The van der Waals surface area contributed by atoms with Gasteiger partial charge in [0.15, 0.2) is 11.2 Å². The lowest BCUT2D eigenvalue weighted by Gasteiger charge is -2.08. The number of rotatable bonds is 9. The number of carbonyl (C=O) groups excluding carboxylic acids is 4. The minimum atomic E-state index is -0.453. The topological polar surface area (TPSA) is 202 Å². The average molecular weight is 478 g/mol. The summed E-state index contributed by atoms with van der Waals surface area (Å²) < 4.78 is 0. The van der Waals surface area contributed by atoms with Gasteiger partial charge < -0.3 is 21.7 Å². The Bertz CT molecular complexity index is 1310.